The minimum Gasteiger partial charge on any atom is -0.458 e. The molecule has 0 aromatic carbocycles. The monoisotopic (exact) mass is 350 g/mol. The average Bonchev–Trinajstić information content (AvgIpc) is 2.85. The molecule has 6 nitrogen and oxygen atoms in total. The second-order valence-corrected chi connectivity index (χ2v) is 6.80. The summed E-state index contributed by atoms with van der Waals surface area (Å²) in [5.74, 6) is -1.69. The Kier molecular flexibility index (Phi) is 6.56. The van der Waals surface area contributed by atoms with Crippen molar-refractivity contribution in [1.29, 1.82) is 0 Å². The van der Waals surface area contributed by atoms with E-state index >= 15 is 0 Å². The van der Waals surface area contributed by atoms with Crippen molar-refractivity contribution in [3.63, 3.8) is 0 Å². The van der Waals surface area contributed by atoms with Gasteiger partial charge in [0, 0.05) is 17.8 Å². The summed E-state index contributed by atoms with van der Waals surface area (Å²) in [4.78, 5) is 24.1. The van der Waals surface area contributed by atoms with Crippen LogP contribution in [0.2, 0.25) is 0 Å². The first-order chi connectivity index (χ1) is 11.9. The van der Waals surface area contributed by atoms with Crippen LogP contribution in [-0.4, -0.2) is 47.6 Å². The van der Waals surface area contributed by atoms with E-state index in [9.17, 15) is 19.8 Å². The fourth-order valence-corrected chi connectivity index (χ4v) is 3.36. The number of hydrogen-bond acceptors (Lipinski definition) is 6. The van der Waals surface area contributed by atoms with Gasteiger partial charge < -0.3 is 19.7 Å². The van der Waals surface area contributed by atoms with Gasteiger partial charge in [-0.15, -0.1) is 0 Å². The second kappa shape index (κ2) is 8.45. The normalized spacial score (nSPS) is 30.1. The van der Waals surface area contributed by atoms with Crippen LogP contribution in [-0.2, 0) is 19.1 Å². The van der Waals surface area contributed by atoms with E-state index in [1.807, 2.05) is 0 Å². The highest BCUT2D eigenvalue weighted by Gasteiger charge is 2.45. The molecule has 0 spiro atoms. The smallest absolute Gasteiger partial charge is 0.334 e. The molecule has 0 radical (unpaired) electrons. The highest BCUT2D eigenvalue weighted by atomic mass is 16.6. The van der Waals surface area contributed by atoms with Crippen LogP contribution in [0.25, 0.3) is 0 Å². The van der Waals surface area contributed by atoms with Gasteiger partial charge in [-0.05, 0) is 50.2 Å². The number of aliphatic hydroxyl groups excluding tert-OH is 2. The third-order valence-electron chi connectivity index (χ3n) is 4.81. The minimum atomic E-state index is -0.653. The van der Waals surface area contributed by atoms with Gasteiger partial charge in [-0.2, -0.15) is 0 Å². The average molecular weight is 350 g/mol. The van der Waals surface area contributed by atoms with Crippen molar-refractivity contribution >= 4 is 11.9 Å². The van der Waals surface area contributed by atoms with Gasteiger partial charge in [-0.1, -0.05) is 13.2 Å². The Morgan fingerprint density at radius 1 is 1.44 bits per heavy atom. The first-order valence-electron chi connectivity index (χ1n) is 8.54. The fraction of sp³-hybridized carbons (Fsp3) is 0.579. The maximum atomic E-state index is 12.1. The molecule has 0 aromatic rings. The zero-order valence-corrected chi connectivity index (χ0v) is 14.6. The van der Waals surface area contributed by atoms with Crippen molar-refractivity contribution in [2.75, 3.05) is 13.2 Å². The van der Waals surface area contributed by atoms with Gasteiger partial charge in [0.15, 0.2) is 0 Å². The lowest BCUT2D eigenvalue weighted by Gasteiger charge is -2.30. The van der Waals surface area contributed by atoms with E-state index in [1.54, 1.807) is 13.0 Å². The molecule has 0 bridgehead atoms. The first-order valence-corrected chi connectivity index (χ1v) is 8.54. The molecule has 6 heteroatoms. The van der Waals surface area contributed by atoms with Crippen LogP contribution in [0.1, 0.15) is 32.6 Å². The molecular formula is C19H26O6. The topological polar surface area (TPSA) is 93.1 Å². The van der Waals surface area contributed by atoms with E-state index in [-0.39, 0.29) is 30.3 Å². The number of carbonyl (C=O) groups excluding carboxylic acids is 2. The standard InChI is InChI=1S/C19H26O6/c1-11(2)18(22)24-15-7-13(9-20)5-4-6-14(10-21)8-16-17(15)12(3)19(23)25-16/h8,13,15-17,20-21H,1,3-7,9-10H2,2H3. The molecule has 0 amide bonds. The number of rotatable bonds is 4. The maximum absolute atomic E-state index is 12.1. The molecular weight excluding hydrogens is 324 g/mol. The van der Waals surface area contributed by atoms with Crippen LogP contribution < -0.4 is 0 Å². The van der Waals surface area contributed by atoms with Crippen LogP contribution in [0.3, 0.4) is 0 Å². The van der Waals surface area contributed by atoms with Crippen LogP contribution in [0.5, 0.6) is 0 Å². The van der Waals surface area contributed by atoms with Gasteiger partial charge in [0.25, 0.3) is 0 Å². The number of carbonyl (C=O) groups is 2. The predicted molar refractivity (Wildman–Crippen MR) is 91.4 cm³/mol. The van der Waals surface area contributed by atoms with Crippen molar-refractivity contribution in [3.05, 3.63) is 36.0 Å². The SMILES string of the molecule is C=C(C)C(=O)OC1CC(CO)CCCC(CO)=CC2OC(=O)C(=C)C21. The maximum Gasteiger partial charge on any atom is 0.334 e. The summed E-state index contributed by atoms with van der Waals surface area (Å²) in [6, 6.07) is 0. The van der Waals surface area contributed by atoms with Crippen LogP contribution in [0.4, 0.5) is 0 Å². The van der Waals surface area contributed by atoms with Crippen LogP contribution in [0.15, 0.2) is 36.0 Å². The zero-order valence-electron chi connectivity index (χ0n) is 14.6. The Bertz CT molecular complexity index is 591. The quantitative estimate of drug-likeness (QED) is 0.455. The zero-order chi connectivity index (χ0) is 18.6. The van der Waals surface area contributed by atoms with Gasteiger partial charge in [-0.3, -0.25) is 0 Å². The van der Waals surface area contributed by atoms with Crippen molar-refractivity contribution in [2.45, 2.75) is 44.8 Å². The first kappa shape index (κ1) is 19.4. The molecule has 1 heterocycles. The molecule has 2 N–H and O–H groups in total. The number of esters is 2. The number of aliphatic hydroxyl groups is 2. The molecule has 2 rings (SSSR count). The van der Waals surface area contributed by atoms with Crippen LogP contribution >= 0.6 is 0 Å². The highest BCUT2D eigenvalue weighted by molar-refractivity contribution is 5.91. The van der Waals surface area contributed by atoms with Gasteiger partial charge >= 0.3 is 11.9 Å². The lowest BCUT2D eigenvalue weighted by molar-refractivity contribution is -0.148. The van der Waals surface area contributed by atoms with Crippen molar-refractivity contribution < 1.29 is 29.3 Å². The van der Waals surface area contributed by atoms with E-state index in [2.05, 4.69) is 13.2 Å². The third kappa shape index (κ3) is 4.58. The lowest BCUT2D eigenvalue weighted by atomic mass is 9.82. The predicted octanol–water partition coefficient (Wildman–Crippen LogP) is 1.67. The van der Waals surface area contributed by atoms with E-state index in [4.69, 9.17) is 9.47 Å². The van der Waals surface area contributed by atoms with Gasteiger partial charge in [0.05, 0.1) is 12.5 Å². The summed E-state index contributed by atoms with van der Waals surface area (Å²) in [6.45, 7) is 8.78. The van der Waals surface area contributed by atoms with Gasteiger partial charge in [-0.25, -0.2) is 9.59 Å². The molecule has 4 atom stereocenters. The summed E-state index contributed by atoms with van der Waals surface area (Å²) in [5.41, 5.74) is 1.27. The fourth-order valence-electron chi connectivity index (χ4n) is 3.36. The summed E-state index contributed by atoms with van der Waals surface area (Å²) in [7, 11) is 0. The molecule has 2 aliphatic rings. The van der Waals surface area contributed by atoms with E-state index in [1.165, 1.54) is 0 Å². The Labute approximate surface area is 147 Å². The number of fused-ring (bicyclic) bond motifs is 1. The summed E-state index contributed by atoms with van der Waals surface area (Å²) < 4.78 is 11.0. The Balaban J connectivity index is 2.39. The molecule has 1 aliphatic heterocycles. The molecule has 0 saturated carbocycles. The molecule has 1 aliphatic carbocycles. The van der Waals surface area contributed by atoms with Crippen molar-refractivity contribution in [1.82, 2.24) is 0 Å². The molecule has 4 unspecified atom stereocenters. The van der Waals surface area contributed by atoms with E-state index < -0.39 is 30.1 Å². The highest BCUT2D eigenvalue weighted by Crippen LogP contribution is 2.37. The molecule has 0 aromatic heterocycles. The molecule has 25 heavy (non-hydrogen) atoms. The Morgan fingerprint density at radius 3 is 2.76 bits per heavy atom. The van der Waals surface area contributed by atoms with Gasteiger partial charge in [0.2, 0.25) is 0 Å². The summed E-state index contributed by atoms with van der Waals surface area (Å²) in [5, 5.41) is 19.2. The molecule has 138 valence electrons. The third-order valence-corrected chi connectivity index (χ3v) is 4.81. The summed E-state index contributed by atoms with van der Waals surface area (Å²) in [6.07, 6.45) is 3.04. The van der Waals surface area contributed by atoms with Crippen molar-refractivity contribution in [2.24, 2.45) is 11.8 Å². The van der Waals surface area contributed by atoms with Crippen molar-refractivity contribution in [3.8, 4) is 0 Å². The minimum absolute atomic E-state index is 0.0437. The lowest BCUT2D eigenvalue weighted by Crippen LogP contribution is -2.35. The van der Waals surface area contributed by atoms with Gasteiger partial charge in [0.1, 0.15) is 12.2 Å². The number of ether oxygens (including phenoxy) is 2. The largest absolute Gasteiger partial charge is 0.458 e. The van der Waals surface area contributed by atoms with E-state index in [0.29, 0.717) is 12.8 Å². The second-order valence-electron chi connectivity index (χ2n) is 6.80. The molecule has 1 saturated heterocycles. The van der Waals surface area contributed by atoms with E-state index in [0.717, 1.165) is 18.4 Å². The van der Waals surface area contributed by atoms with Crippen LogP contribution in [0, 0.1) is 11.8 Å². The molecule has 1 fully saturated rings. The summed E-state index contributed by atoms with van der Waals surface area (Å²) >= 11 is 0. The number of hydrogen-bond donors (Lipinski definition) is 2. The Morgan fingerprint density at radius 2 is 2.16 bits per heavy atom. The Hall–Kier alpha value is -1.92.